The summed E-state index contributed by atoms with van der Waals surface area (Å²) < 4.78 is 39.1. The van der Waals surface area contributed by atoms with Gasteiger partial charge in [0.25, 0.3) is 0 Å². The molecule has 134 valence electrons. The van der Waals surface area contributed by atoms with E-state index in [-0.39, 0.29) is 16.6 Å². The fourth-order valence-corrected chi connectivity index (χ4v) is 3.81. The van der Waals surface area contributed by atoms with Gasteiger partial charge in [-0.2, -0.15) is 0 Å². The van der Waals surface area contributed by atoms with Crippen LogP contribution in [0.1, 0.15) is 6.92 Å². The van der Waals surface area contributed by atoms with E-state index in [9.17, 15) is 17.6 Å². The van der Waals surface area contributed by atoms with Gasteiger partial charge in [0.05, 0.1) is 10.1 Å². The normalized spacial score (nSPS) is 12.8. The molecule has 2 aromatic rings. The molecule has 25 heavy (non-hydrogen) atoms. The minimum Gasteiger partial charge on any atom is -0.325 e. The highest BCUT2D eigenvalue weighted by molar-refractivity contribution is 8.00. The molecule has 0 radical (unpaired) electrons. The lowest BCUT2D eigenvalue weighted by Gasteiger charge is -2.14. The number of nitrogens with zero attached hydrogens (tertiary/aromatic N) is 1. The molecule has 0 spiro atoms. The summed E-state index contributed by atoms with van der Waals surface area (Å²) in [5.41, 5.74) is 0.369. The van der Waals surface area contributed by atoms with E-state index < -0.39 is 15.3 Å². The van der Waals surface area contributed by atoms with Crippen LogP contribution in [0.25, 0.3) is 0 Å². The largest absolute Gasteiger partial charge is 0.325 e. The summed E-state index contributed by atoms with van der Waals surface area (Å²) in [6.07, 6.45) is 0. The summed E-state index contributed by atoms with van der Waals surface area (Å²) in [6, 6.07) is 12.2. The molecule has 0 aliphatic heterocycles. The van der Waals surface area contributed by atoms with Crippen LogP contribution in [-0.2, 0) is 14.8 Å². The van der Waals surface area contributed by atoms with Crippen LogP contribution in [0.2, 0.25) is 0 Å². The minimum atomic E-state index is -3.58. The van der Waals surface area contributed by atoms with Crippen molar-refractivity contribution in [2.24, 2.45) is 0 Å². The third-order valence-corrected chi connectivity index (χ3v) is 6.35. The molecule has 0 saturated carbocycles. The topological polar surface area (TPSA) is 66.5 Å². The van der Waals surface area contributed by atoms with Crippen LogP contribution >= 0.6 is 11.8 Å². The lowest BCUT2D eigenvalue weighted by Crippen LogP contribution is -2.24. The van der Waals surface area contributed by atoms with Crippen LogP contribution < -0.4 is 5.32 Å². The number of carbonyl (C=O) groups is 1. The quantitative estimate of drug-likeness (QED) is 0.779. The Hall–Kier alpha value is -1.90. The molecule has 0 aliphatic carbocycles. The monoisotopic (exact) mass is 382 g/mol. The summed E-state index contributed by atoms with van der Waals surface area (Å²) in [5.74, 6) is -0.723. The second-order valence-corrected chi connectivity index (χ2v) is 9.03. The number of nitrogens with one attached hydrogen (secondary N) is 1. The Morgan fingerprint density at radius 1 is 1.16 bits per heavy atom. The first-order valence-corrected chi connectivity index (χ1v) is 9.78. The molecule has 1 atom stereocenters. The lowest BCUT2D eigenvalue weighted by molar-refractivity contribution is -0.115. The van der Waals surface area contributed by atoms with Gasteiger partial charge in [-0.1, -0.05) is 18.2 Å². The summed E-state index contributed by atoms with van der Waals surface area (Å²) in [5, 5.41) is 2.12. The Morgan fingerprint density at radius 2 is 1.84 bits per heavy atom. The molecule has 2 rings (SSSR count). The highest BCUT2D eigenvalue weighted by atomic mass is 32.2. The molecule has 0 unspecified atom stereocenters. The molecular formula is C17H19FN2O3S2. The molecule has 0 aromatic heterocycles. The van der Waals surface area contributed by atoms with Gasteiger partial charge in [0, 0.05) is 24.7 Å². The molecule has 0 heterocycles. The maximum Gasteiger partial charge on any atom is 0.242 e. The van der Waals surface area contributed by atoms with Crippen LogP contribution in [0.5, 0.6) is 0 Å². The maximum atomic E-state index is 13.7. The average Bonchev–Trinajstić information content (AvgIpc) is 2.57. The van der Waals surface area contributed by atoms with Crippen molar-refractivity contribution < 1.29 is 17.6 Å². The van der Waals surface area contributed by atoms with E-state index in [1.54, 1.807) is 37.3 Å². The summed E-state index contributed by atoms with van der Waals surface area (Å²) in [7, 11) is -0.706. The highest BCUT2D eigenvalue weighted by Gasteiger charge is 2.19. The van der Waals surface area contributed by atoms with Crippen LogP contribution in [-0.4, -0.2) is 38.0 Å². The number of hydrogen-bond donors (Lipinski definition) is 1. The van der Waals surface area contributed by atoms with Crippen molar-refractivity contribution in [1.82, 2.24) is 4.31 Å². The van der Waals surface area contributed by atoms with E-state index in [4.69, 9.17) is 0 Å². The van der Waals surface area contributed by atoms with Crippen molar-refractivity contribution in [2.75, 3.05) is 19.4 Å². The Morgan fingerprint density at radius 3 is 2.48 bits per heavy atom. The second-order valence-electron chi connectivity index (χ2n) is 5.50. The molecule has 8 heteroatoms. The molecule has 5 nitrogen and oxygen atoms in total. The minimum absolute atomic E-state index is 0.0877. The van der Waals surface area contributed by atoms with Gasteiger partial charge in [0.15, 0.2) is 0 Å². The molecule has 2 aromatic carbocycles. The Balaban J connectivity index is 2.12. The first-order valence-electron chi connectivity index (χ1n) is 7.46. The molecular weight excluding hydrogens is 363 g/mol. The first kappa shape index (κ1) is 19.4. The van der Waals surface area contributed by atoms with Crippen molar-refractivity contribution >= 4 is 33.4 Å². The zero-order valence-electron chi connectivity index (χ0n) is 14.1. The molecule has 0 saturated heterocycles. The SMILES string of the molecule is C[C@H](Sc1ccccc1F)C(=O)Nc1cccc(S(=O)(=O)N(C)C)c1. The smallest absolute Gasteiger partial charge is 0.242 e. The van der Waals surface area contributed by atoms with Gasteiger partial charge in [0.1, 0.15) is 5.82 Å². The summed E-state index contributed by atoms with van der Waals surface area (Å²) in [6.45, 7) is 1.66. The van der Waals surface area contributed by atoms with Crippen molar-refractivity contribution in [3.05, 3.63) is 54.3 Å². The predicted octanol–water partition coefficient (Wildman–Crippen LogP) is 3.20. The summed E-state index contributed by atoms with van der Waals surface area (Å²) in [4.78, 5) is 12.8. The highest BCUT2D eigenvalue weighted by Crippen LogP contribution is 2.27. The van der Waals surface area contributed by atoms with E-state index in [1.165, 1.54) is 32.3 Å². The van der Waals surface area contributed by atoms with Gasteiger partial charge in [-0.15, -0.1) is 11.8 Å². The van der Waals surface area contributed by atoms with E-state index in [0.29, 0.717) is 10.6 Å². The number of anilines is 1. The number of carbonyl (C=O) groups excluding carboxylic acids is 1. The Kier molecular flexibility index (Phi) is 6.21. The first-order chi connectivity index (χ1) is 11.7. The molecule has 1 amide bonds. The number of hydrogen-bond acceptors (Lipinski definition) is 4. The van der Waals surface area contributed by atoms with Crippen LogP contribution in [0, 0.1) is 5.82 Å². The number of benzene rings is 2. The fraction of sp³-hybridized carbons (Fsp3) is 0.235. The molecule has 0 bridgehead atoms. The second kappa shape index (κ2) is 7.99. The van der Waals surface area contributed by atoms with Crippen LogP contribution in [0.15, 0.2) is 58.3 Å². The van der Waals surface area contributed by atoms with Crippen LogP contribution in [0.4, 0.5) is 10.1 Å². The standard InChI is InChI=1S/C17H19FN2O3S2/c1-12(24-16-10-5-4-9-15(16)18)17(21)19-13-7-6-8-14(11-13)25(22,23)20(2)3/h4-12H,1-3H3,(H,19,21)/t12-/m0/s1. The maximum absolute atomic E-state index is 13.7. The van der Waals surface area contributed by atoms with Crippen molar-refractivity contribution in [2.45, 2.75) is 22.0 Å². The molecule has 0 fully saturated rings. The fourth-order valence-electron chi connectivity index (χ4n) is 1.97. The Bertz CT molecular complexity index is 870. The van der Waals surface area contributed by atoms with E-state index >= 15 is 0 Å². The van der Waals surface area contributed by atoms with Gasteiger partial charge in [-0.05, 0) is 37.3 Å². The van der Waals surface area contributed by atoms with E-state index in [0.717, 1.165) is 16.1 Å². The third-order valence-electron chi connectivity index (χ3n) is 3.39. The number of amides is 1. The average molecular weight is 382 g/mol. The molecule has 0 aliphatic rings. The Labute approximate surface area is 151 Å². The summed E-state index contributed by atoms with van der Waals surface area (Å²) >= 11 is 1.10. The zero-order chi connectivity index (χ0) is 18.6. The number of sulfonamides is 1. The van der Waals surface area contributed by atoms with Crippen molar-refractivity contribution in [1.29, 1.82) is 0 Å². The predicted molar refractivity (Wildman–Crippen MR) is 97.7 cm³/mol. The van der Waals surface area contributed by atoms with Gasteiger partial charge in [-0.3, -0.25) is 4.79 Å². The van der Waals surface area contributed by atoms with Crippen LogP contribution in [0.3, 0.4) is 0 Å². The number of rotatable bonds is 6. The third kappa shape index (κ3) is 4.81. The zero-order valence-corrected chi connectivity index (χ0v) is 15.7. The van der Waals surface area contributed by atoms with Gasteiger partial charge in [0.2, 0.25) is 15.9 Å². The van der Waals surface area contributed by atoms with Crippen molar-refractivity contribution in [3.63, 3.8) is 0 Å². The lowest BCUT2D eigenvalue weighted by atomic mass is 10.3. The van der Waals surface area contributed by atoms with Gasteiger partial charge >= 0.3 is 0 Å². The van der Waals surface area contributed by atoms with E-state index in [2.05, 4.69) is 5.32 Å². The van der Waals surface area contributed by atoms with E-state index in [1.807, 2.05) is 0 Å². The van der Waals surface area contributed by atoms with Crippen molar-refractivity contribution in [3.8, 4) is 0 Å². The number of halogens is 1. The van der Waals surface area contributed by atoms with Gasteiger partial charge < -0.3 is 5.32 Å². The number of thioether (sulfide) groups is 1. The molecule has 1 N–H and O–H groups in total. The van der Waals surface area contributed by atoms with Gasteiger partial charge in [-0.25, -0.2) is 17.1 Å².